The maximum absolute atomic E-state index is 12.2. The van der Waals surface area contributed by atoms with E-state index in [9.17, 15) is 14.4 Å². The highest BCUT2D eigenvalue weighted by Crippen LogP contribution is 2.25. The molecule has 2 N–H and O–H groups in total. The quantitative estimate of drug-likeness (QED) is 0.730. The molecule has 20 heavy (non-hydrogen) atoms. The van der Waals surface area contributed by atoms with Crippen molar-refractivity contribution in [2.45, 2.75) is 20.3 Å². The second-order valence-corrected chi connectivity index (χ2v) is 5.17. The van der Waals surface area contributed by atoms with Crippen LogP contribution in [0.4, 0.5) is 4.79 Å². The highest BCUT2D eigenvalue weighted by atomic mass is 16.4. The number of nitrogens with zero attached hydrogens (tertiary/aromatic N) is 2. The largest absolute Gasteiger partial charge is 0.481 e. The van der Waals surface area contributed by atoms with Gasteiger partial charge in [-0.3, -0.25) is 9.59 Å². The Morgan fingerprint density at radius 2 is 2.00 bits per heavy atom. The molecule has 0 saturated carbocycles. The normalized spacial score (nSPS) is 16.2. The number of amides is 3. The molecule has 1 aliphatic heterocycles. The van der Waals surface area contributed by atoms with E-state index in [1.54, 1.807) is 11.8 Å². The van der Waals surface area contributed by atoms with Gasteiger partial charge in [0.15, 0.2) is 0 Å². The van der Waals surface area contributed by atoms with Gasteiger partial charge in [-0.2, -0.15) is 0 Å². The first-order valence-electron chi connectivity index (χ1n) is 6.87. The third-order valence-corrected chi connectivity index (χ3v) is 3.65. The van der Waals surface area contributed by atoms with Gasteiger partial charge in [0.05, 0.1) is 5.92 Å². The predicted molar refractivity (Wildman–Crippen MR) is 73.2 cm³/mol. The summed E-state index contributed by atoms with van der Waals surface area (Å²) in [5, 5.41) is 11.4. The van der Waals surface area contributed by atoms with Crippen molar-refractivity contribution in [2.75, 3.05) is 33.2 Å². The zero-order valence-electron chi connectivity index (χ0n) is 12.3. The molecule has 0 aromatic rings. The second kappa shape index (κ2) is 7.12. The molecule has 114 valence electrons. The zero-order valence-corrected chi connectivity index (χ0v) is 12.3. The Balaban J connectivity index is 2.52. The molecule has 7 heteroatoms. The number of carbonyl (C=O) groups is 3. The van der Waals surface area contributed by atoms with Crippen molar-refractivity contribution in [1.29, 1.82) is 0 Å². The van der Waals surface area contributed by atoms with Crippen LogP contribution in [0.3, 0.4) is 0 Å². The van der Waals surface area contributed by atoms with E-state index in [1.165, 1.54) is 11.9 Å². The summed E-state index contributed by atoms with van der Waals surface area (Å²) in [6.07, 6.45) is 0.769. The molecule has 7 nitrogen and oxygen atoms in total. The summed E-state index contributed by atoms with van der Waals surface area (Å²) in [5.74, 6) is -1.49. The first-order chi connectivity index (χ1) is 9.40. The summed E-state index contributed by atoms with van der Waals surface area (Å²) in [6.45, 7) is 5.04. The summed E-state index contributed by atoms with van der Waals surface area (Å²) >= 11 is 0. The van der Waals surface area contributed by atoms with Gasteiger partial charge < -0.3 is 20.2 Å². The van der Waals surface area contributed by atoms with Gasteiger partial charge in [0, 0.05) is 32.6 Å². The second-order valence-electron chi connectivity index (χ2n) is 5.17. The molecular formula is C13H23N3O4. The number of likely N-dealkylation sites (tertiary alicyclic amines) is 1. The zero-order chi connectivity index (χ0) is 15.3. The molecule has 1 aliphatic rings. The van der Waals surface area contributed by atoms with E-state index in [2.05, 4.69) is 5.32 Å². The van der Waals surface area contributed by atoms with Crippen molar-refractivity contribution < 1.29 is 19.5 Å². The Morgan fingerprint density at radius 1 is 1.40 bits per heavy atom. The molecule has 1 heterocycles. The lowest BCUT2D eigenvalue weighted by atomic mass is 9.87. The average molecular weight is 285 g/mol. The number of likely N-dealkylation sites (N-methyl/N-ethyl adjacent to an activating group) is 1. The molecule has 1 saturated heterocycles. The number of aliphatic carboxylic acids is 1. The minimum atomic E-state index is -0.835. The monoisotopic (exact) mass is 285 g/mol. The fourth-order valence-corrected chi connectivity index (χ4v) is 2.15. The van der Waals surface area contributed by atoms with Gasteiger partial charge in [-0.15, -0.1) is 0 Å². The van der Waals surface area contributed by atoms with E-state index in [4.69, 9.17) is 5.11 Å². The summed E-state index contributed by atoms with van der Waals surface area (Å²) in [6, 6.07) is -0.190. The summed E-state index contributed by atoms with van der Waals surface area (Å²) in [4.78, 5) is 37.6. The maximum Gasteiger partial charge on any atom is 0.320 e. The number of urea groups is 1. The highest BCUT2D eigenvalue weighted by Gasteiger charge is 2.38. The molecule has 3 amide bonds. The lowest BCUT2D eigenvalue weighted by Gasteiger charge is -2.43. The number of hydrogen-bond donors (Lipinski definition) is 2. The van der Waals surface area contributed by atoms with Gasteiger partial charge in [-0.25, -0.2) is 4.79 Å². The number of rotatable bonds is 6. The van der Waals surface area contributed by atoms with E-state index in [0.29, 0.717) is 19.6 Å². The van der Waals surface area contributed by atoms with Crippen LogP contribution >= 0.6 is 0 Å². The Labute approximate surface area is 118 Å². The van der Waals surface area contributed by atoms with Crippen molar-refractivity contribution in [3.63, 3.8) is 0 Å². The van der Waals surface area contributed by atoms with Crippen LogP contribution < -0.4 is 5.32 Å². The number of carboxylic acid groups (broad SMARTS) is 1. The molecule has 1 rings (SSSR count). The topological polar surface area (TPSA) is 90.0 Å². The number of hydrogen-bond acceptors (Lipinski definition) is 3. The van der Waals surface area contributed by atoms with Gasteiger partial charge in [0.25, 0.3) is 0 Å². The molecule has 0 aromatic heterocycles. The van der Waals surface area contributed by atoms with Gasteiger partial charge in [0.2, 0.25) is 5.91 Å². The fourth-order valence-electron chi connectivity index (χ4n) is 2.15. The van der Waals surface area contributed by atoms with Crippen LogP contribution in [0, 0.1) is 11.8 Å². The number of carbonyl (C=O) groups excluding carboxylic acids is 2. The molecular weight excluding hydrogens is 262 g/mol. The van der Waals surface area contributed by atoms with Crippen LogP contribution in [-0.2, 0) is 9.59 Å². The predicted octanol–water partition coefficient (Wildman–Crippen LogP) is 0.217. The van der Waals surface area contributed by atoms with Crippen LogP contribution in [0.1, 0.15) is 20.3 Å². The maximum atomic E-state index is 12.2. The molecule has 0 spiro atoms. The van der Waals surface area contributed by atoms with Crippen LogP contribution in [-0.4, -0.2) is 66.0 Å². The number of nitrogens with one attached hydrogen (secondary N) is 1. The Kier molecular flexibility index (Phi) is 5.79. The first kappa shape index (κ1) is 16.3. The summed E-state index contributed by atoms with van der Waals surface area (Å²) in [5.41, 5.74) is 0. The molecule has 0 aliphatic carbocycles. The smallest absolute Gasteiger partial charge is 0.320 e. The lowest BCUT2D eigenvalue weighted by molar-refractivity contribution is -0.144. The van der Waals surface area contributed by atoms with Gasteiger partial charge in [-0.05, 0) is 6.42 Å². The van der Waals surface area contributed by atoms with E-state index in [0.717, 1.165) is 6.42 Å². The highest BCUT2D eigenvalue weighted by molar-refractivity contribution is 5.84. The average Bonchev–Trinajstić information content (AvgIpc) is 2.35. The molecule has 1 unspecified atom stereocenters. The van der Waals surface area contributed by atoms with Crippen LogP contribution in [0.25, 0.3) is 0 Å². The van der Waals surface area contributed by atoms with Crippen molar-refractivity contribution in [2.24, 2.45) is 11.8 Å². The van der Waals surface area contributed by atoms with Crippen molar-refractivity contribution in [3.05, 3.63) is 0 Å². The Bertz CT molecular complexity index is 380. The third-order valence-electron chi connectivity index (χ3n) is 3.65. The van der Waals surface area contributed by atoms with Gasteiger partial charge >= 0.3 is 12.0 Å². The SMILES string of the molecule is CCCN(CC(=O)NC)C(=O)N1CC(C(C)C(=O)O)C1. The van der Waals surface area contributed by atoms with Crippen molar-refractivity contribution >= 4 is 17.9 Å². The van der Waals surface area contributed by atoms with E-state index in [-0.39, 0.29) is 24.4 Å². The van der Waals surface area contributed by atoms with Crippen LogP contribution in [0.2, 0.25) is 0 Å². The molecule has 0 radical (unpaired) electrons. The summed E-state index contributed by atoms with van der Waals surface area (Å²) < 4.78 is 0. The third kappa shape index (κ3) is 3.85. The first-order valence-corrected chi connectivity index (χ1v) is 6.87. The standard InChI is InChI=1S/C13H23N3O4/c1-4-5-15(8-11(17)14-3)13(20)16-6-10(7-16)9(2)12(18)19/h9-10H,4-8H2,1-3H3,(H,14,17)(H,18,19). The van der Waals surface area contributed by atoms with E-state index >= 15 is 0 Å². The van der Waals surface area contributed by atoms with Crippen LogP contribution in [0.5, 0.6) is 0 Å². The minimum absolute atomic E-state index is 0.0000665. The Hall–Kier alpha value is -1.79. The van der Waals surface area contributed by atoms with E-state index in [1.807, 2.05) is 6.92 Å². The molecule has 0 aromatic carbocycles. The van der Waals surface area contributed by atoms with Gasteiger partial charge in [-0.1, -0.05) is 13.8 Å². The van der Waals surface area contributed by atoms with E-state index < -0.39 is 11.9 Å². The van der Waals surface area contributed by atoms with Crippen molar-refractivity contribution in [1.82, 2.24) is 15.1 Å². The molecule has 0 bridgehead atoms. The Morgan fingerprint density at radius 3 is 2.45 bits per heavy atom. The molecule has 1 fully saturated rings. The lowest BCUT2D eigenvalue weighted by Crippen LogP contribution is -2.58. The van der Waals surface area contributed by atoms with Crippen LogP contribution in [0.15, 0.2) is 0 Å². The summed E-state index contributed by atoms with van der Waals surface area (Å²) in [7, 11) is 1.53. The fraction of sp³-hybridized carbons (Fsp3) is 0.769. The van der Waals surface area contributed by atoms with Gasteiger partial charge in [0.1, 0.15) is 6.54 Å². The minimum Gasteiger partial charge on any atom is -0.481 e. The van der Waals surface area contributed by atoms with Crippen molar-refractivity contribution in [3.8, 4) is 0 Å². The molecule has 1 atom stereocenters. The number of carboxylic acids is 1.